The van der Waals surface area contributed by atoms with E-state index in [1.165, 1.54) is 96.3 Å². The number of rotatable bonds is 43. The molecule has 2 atom stereocenters. The lowest BCUT2D eigenvalue weighted by atomic mass is 10.1. The van der Waals surface area contributed by atoms with Crippen molar-refractivity contribution >= 4 is 13.8 Å². The first-order valence-corrected chi connectivity index (χ1v) is 25.0. The van der Waals surface area contributed by atoms with Crippen molar-refractivity contribution in [2.45, 2.75) is 193 Å². The van der Waals surface area contributed by atoms with Crippen molar-refractivity contribution in [1.29, 1.82) is 0 Å². The zero-order valence-electron chi connectivity index (χ0n) is 38.2. The molecule has 58 heavy (non-hydrogen) atoms. The van der Waals surface area contributed by atoms with Crippen LogP contribution < -0.4 is 4.89 Å². The van der Waals surface area contributed by atoms with Gasteiger partial charge < -0.3 is 27.9 Å². The molecule has 0 aromatic carbocycles. The van der Waals surface area contributed by atoms with E-state index < -0.39 is 13.9 Å². The normalized spacial score (nSPS) is 14.2. The standard InChI is InChI=1S/C49H90NO7P/c1-6-8-10-12-14-16-18-20-22-23-24-25-26-27-28-29-31-33-35-37-39-41-44-54-46-48(47-56-58(52,53)55-45-43-50(3,4)5)57-49(51)42-40-38-36-34-32-30-21-19-17-15-13-11-9-7-2/h8,10,14,16,19-22,24-25,48H,6-7,9,11-13,15,17-18,23,26-47H2,1-5H3/b10-8-,16-14-,21-19-,22-20-,25-24-. The van der Waals surface area contributed by atoms with E-state index >= 15 is 0 Å². The summed E-state index contributed by atoms with van der Waals surface area (Å²) in [6, 6.07) is 0. The Hall–Kier alpha value is -1.80. The second-order valence-corrected chi connectivity index (χ2v) is 18.1. The molecule has 0 aliphatic carbocycles. The number of phosphoric ester groups is 1. The molecule has 0 saturated carbocycles. The first-order chi connectivity index (χ1) is 28.1. The van der Waals surface area contributed by atoms with Crippen molar-refractivity contribution in [3.05, 3.63) is 60.8 Å². The lowest BCUT2D eigenvalue weighted by Gasteiger charge is -2.28. The van der Waals surface area contributed by atoms with Gasteiger partial charge in [0.1, 0.15) is 19.3 Å². The Bertz CT molecular complexity index is 1110. The SMILES string of the molecule is CC/C=C\C/C=C\C/C=C\C/C=C\CCCCCCCCCCCOCC(COP(=O)([O-])OCC[N+](C)(C)C)OC(=O)CCCCCCC/C=C\CCCCCCC. The number of ether oxygens (including phenoxy) is 2. The number of nitrogens with zero attached hydrogens (tertiary/aromatic N) is 1. The Morgan fingerprint density at radius 2 is 1.00 bits per heavy atom. The predicted molar refractivity (Wildman–Crippen MR) is 245 cm³/mol. The van der Waals surface area contributed by atoms with Gasteiger partial charge in [-0.1, -0.05) is 164 Å². The highest BCUT2D eigenvalue weighted by atomic mass is 31.2. The van der Waals surface area contributed by atoms with E-state index in [1.807, 2.05) is 21.1 Å². The first-order valence-electron chi connectivity index (χ1n) is 23.5. The number of esters is 1. The van der Waals surface area contributed by atoms with E-state index in [2.05, 4.69) is 74.6 Å². The quantitative estimate of drug-likeness (QED) is 0.0198. The van der Waals surface area contributed by atoms with Crippen LogP contribution in [0.1, 0.15) is 187 Å². The summed E-state index contributed by atoms with van der Waals surface area (Å²) in [5, 5.41) is 0. The van der Waals surface area contributed by atoms with Gasteiger partial charge in [-0.2, -0.15) is 0 Å². The van der Waals surface area contributed by atoms with E-state index in [0.717, 1.165) is 70.6 Å². The van der Waals surface area contributed by atoms with E-state index in [4.69, 9.17) is 18.5 Å². The molecule has 0 spiro atoms. The molecule has 0 aromatic heterocycles. The fourth-order valence-corrected chi connectivity index (χ4v) is 6.91. The summed E-state index contributed by atoms with van der Waals surface area (Å²) in [6.07, 6.45) is 52.3. The molecule has 0 fully saturated rings. The Morgan fingerprint density at radius 3 is 1.52 bits per heavy atom. The largest absolute Gasteiger partial charge is 0.756 e. The molecule has 0 aliphatic heterocycles. The van der Waals surface area contributed by atoms with Crippen LogP contribution in [0.15, 0.2) is 60.8 Å². The van der Waals surface area contributed by atoms with Gasteiger partial charge in [0.15, 0.2) is 0 Å². The number of allylic oxidation sites excluding steroid dienone is 10. The molecule has 338 valence electrons. The van der Waals surface area contributed by atoms with Crippen LogP contribution in [0.3, 0.4) is 0 Å². The molecule has 0 saturated heterocycles. The van der Waals surface area contributed by atoms with Crippen molar-refractivity contribution in [3.8, 4) is 0 Å². The third-order valence-electron chi connectivity index (χ3n) is 9.80. The van der Waals surface area contributed by atoms with Gasteiger partial charge in [-0.15, -0.1) is 0 Å². The van der Waals surface area contributed by atoms with Crippen LogP contribution in [-0.4, -0.2) is 70.7 Å². The molecule has 0 N–H and O–H groups in total. The van der Waals surface area contributed by atoms with Crippen LogP contribution in [0, 0.1) is 0 Å². The summed E-state index contributed by atoms with van der Waals surface area (Å²) >= 11 is 0. The highest BCUT2D eigenvalue weighted by molar-refractivity contribution is 7.45. The molecule has 0 radical (unpaired) electrons. The van der Waals surface area contributed by atoms with Crippen molar-refractivity contribution in [2.24, 2.45) is 0 Å². The molecular weight excluding hydrogens is 746 g/mol. The van der Waals surface area contributed by atoms with Crippen molar-refractivity contribution in [2.75, 3.05) is 54.1 Å². The van der Waals surface area contributed by atoms with Crippen molar-refractivity contribution < 1.29 is 37.3 Å². The number of likely N-dealkylation sites (N-methyl/N-ethyl adjacent to an activating group) is 1. The summed E-state index contributed by atoms with van der Waals surface area (Å²) < 4.78 is 34.6. The zero-order valence-corrected chi connectivity index (χ0v) is 39.1. The molecule has 9 heteroatoms. The third-order valence-corrected chi connectivity index (χ3v) is 10.8. The van der Waals surface area contributed by atoms with Crippen molar-refractivity contribution in [1.82, 2.24) is 0 Å². The fourth-order valence-electron chi connectivity index (χ4n) is 6.18. The second kappa shape index (κ2) is 41.9. The van der Waals surface area contributed by atoms with Crippen LogP contribution in [0.25, 0.3) is 0 Å². The van der Waals surface area contributed by atoms with Crippen LogP contribution in [-0.2, 0) is 27.9 Å². The lowest BCUT2D eigenvalue weighted by molar-refractivity contribution is -0.870. The van der Waals surface area contributed by atoms with E-state index in [9.17, 15) is 14.3 Å². The lowest BCUT2D eigenvalue weighted by Crippen LogP contribution is -2.37. The van der Waals surface area contributed by atoms with Gasteiger partial charge in [0.2, 0.25) is 0 Å². The molecule has 2 unspecified atom stereocenters. The minimum absolute atomic E-state index is 0.0212. The number of quaternary nitrogens is 1. The Kier molecular flexibility index (Phi) is 40.6. The molecule has 0 amide bonds. The minimum atomic E-state index is -4.53. The summed E-state index contributed by atoms with van der Waals surface area (Å²) in [5.74, 6) is -0.347. The average Bonchev–Trinajstić information content (AvgIpc) is 3.18. The van der Waals surface area contributed by atoms with Crippen LogP contribution in [0.5, 0.6) is 0 Å². The van der Waals surface area contributed by atoms with Crippen LogP contribution in [0.2, 0.25) is 0 Å². The first kappa shape index (κ1) is 56.2. The Labute approximate surface area is 358 Å². The number of hydrogen-bond acceptors (Lipinski definition) is 7. The average molecular weight is 836 g/mol. The maximum absolute atomic E-state index is 12.7. The van der Waals surface area contributed by atoms with Gasteiger partial charge in [-0.3, -0.25) is 9.36 Å². The van der Waals surface area contributed by atoms with E-state index in [1.54, 1.807) is 0 Å². The van der Waals surface area contributed by atoms with Gasteiger partial charge in [-0.25, -0.2) is 0 Å². The zero-order chi connectivity index (χ0) is 42.7. The van der Waals surface area contributed by atoms with Crippen LogP contribution in [0.4, 0.5) is 0 Å². The number of carbonyl (C=O) groups is 1. The number of carbonyl (C=O) groups excluding carboxylic acids is 1. The van der Waals surface area contributed by atoms with Crippen LogP contribution >= 0.6 is 7.82 Å². The molecular formula is C49H90NO7P. The van der Waals surface area contributed by atoms with Gasteiger partial charge >= 0.3 is 5.97 Å². The maximum Gasteiger partial charge on any atom is 0.306 e. The molecule has 0 aliphatic rings. The highest BCUT2D eigenvalue weighted by Crippen LogP contribution is 2.38. The molecule has 0 heterocycles. The summed E-state index contributed by atoms with van der Waals surface area (Å²) in [6.45, 7) is 5.26. The number of phosphoric acid groups is 1. The van der Waals surface area contributed by atoms with Gasteiger partial charge in [0, 0.05) is 13.0 Å². The molecule has 0 aromatic rings. The predicted octanol–water partition coefficient (Wildman–Crippen LogP) is 13.5. The van der Waals surface area contributed by atoms with Gasteiger partial charge in [0.25, 0.3) is 7.82 Å². The molecule has 0 rings (SSSR count). The monoisotopic (exact) mass is 836 g/mol. The molecule has 0 bridgehead atoms. The minimum Gasteiger partial charge on any atom is -0.756 e. The topological polar surface area (TPSA) is 94.1 Å². The maximum atomic E-state index is 12.7. The second-order valence-electron chi connectivity index (χ2n) is 16.7. The van der Waals surface area contributed by atoms with Gasteiger partial charge in [0.05, 0.1) is 34.4 Å². The number of hydrogen-bond donors (Lipinski definition) is 0. The van der Waals surface area contributed by atoms with E-state index in [0.29, 0.717) is 24.1 Å². The molecule has 8 nitrogen and oxygen atoms in total. The Morgan fingerprint density at radius 1 is 0.552 bits per heavy atom. The number of unbranched alkanes of at least 4 members (excludes halogenated alkanes) is 19. The van der Waals surface area contributed by atoms with Crippen molar-refractivity contribution in [3.63, 3.8) is 0 Å². The van der Waals surface area contributed by atoms with E-state index in [-0.39, 0.29) is 25.8 Å². The Balaban J connectivity index is 4.19. The summed E-state index contributed by atoms with van der Waals surface area (Å²) in [4.78, 5) is 25.1. The fraction of sp³-hybridized carbons (Fsp3) is 0.776. The smallest absolute Gasteiger partial charge is 0.306 e. The van der Waals surface area contributed by atoms with Gasteiger partial charge in [-0.05, 0) is 77.0 Å². The summed E-state index contributed by atoms with van der Waals surface area (Å²) in [5.41, 5.74) is 0. The summed E-state index contributed by atoms with van der Waals surface area (Å²) in [7, 11) is 1.34. The highest BCUT2D eigenvalue weighted by Gasteiger charge is 2.20. The third kappa shape index (κ3) is 45.3.